The summed E-state index contributed by atoms with van der Waals surface area (Å²) in [6.45, 7) is 3.16. The second-order valence-corrected chi connectivity index (χ2v) is 7.89. The topological polar surface area (TPSA) is 21.3 Å². The van der Waals surface area contributed by atoms with Crippen LogP contribution in [-0.4, -0.2) is 29.8 Å². The molecule has 3 rings (SSSR count). The number of nitrogens with one attached hydrogen (secondary N) is 1. The molecule has 2 aliphatic rings. The van der Waals surface area contributed by atoms with Crippen LogP contribution in [0.4, 0.5) is 0 Å². The summed E-state index contributed by atoms with van der Waals surface area (Å²) in [5.41, 5.74) is 1.50. The maximum absolute atomic E-state index is 6.10. The molecule has 0 amide bonds. The van der Waals surface area contributed by atoms with Gasteiger partial charge >= 0.3 is 0 Å². The van der Waals surface area contributed by atoms with Crippen LogP contribution in [0.5, 0.6) is 0 Å². The van der Waals surface area contributed by atoms with Gasteiger partial charge in [0.05, 0.1) is 5.60 Å². The fourth-order valence-corrected chi connectivity index (χ4v) is 5.31. The number of ether oxygens (including phenoxy) is 1. The first-order valence-electron chi connectivity index (χ1n) is 7.41. The van der Waals surface area contributed by atoms with Crippen LogP contribution in [0, 0.1) is 0 Å². The Balaban J connectivity index is 1.64. The molecule has 2 fully saturated rings. The fraction of sp³-hybridized carbons (Fsp3) is 0.625. The van der Waals surface area contributed by atoms with Crippen LogP contribution in [0.2, 0.25) is 0 Å². The number of hydrogen-bond acceptors (Lipinski definition) is 3. The van der Waals surface area contributed by atoms with E-state index in [0.29, 0.717) is 12.1 Å². The molecule has 0 bridgehead atoms. The molecule has 20 heavy (non-hydrogen) atoms. The second kappa shape index (κ2) is 6.39. The van der Waals surface area contributed by atoms with Gasteiger partial charge in [-0.25, -0.2) is 0 Å². The minimum absolute atomic E-state index is 0.161. The van der Waals surface area contributed by atoms with Crippen molar-refractivity contribution in [3.63, 3.8) is 0 Å². The van der Waals surface area contributed by atoms with Crippen molar-refractivity contribution in [2.24, 2.45) is 0 Å². The Morgan fingerprint density at radius 1 is 1.45 bits per heavy atom. The van der Waals surface area contributed by atoms with Crippen LogP contribution < -0.4 is 5.32 Å². The molecule has 2 saturated heterocycles. The van der Waals surface area contributed by atoms with Gasteiger partial charge in [-0.3, -0.25) is 0 Å². The molecular formula is C16H22BrNOS. The highest BCUT2D eigenvalue weighted by molar-refractivity contribution is 9.10. The molecule has 0 aromatic heterocycles. The first-order chi connectivity index (χ1) is 9.69. The molecule has 3 atom stereocenters. The molecule has 2 nitrogen and oxygen atoms in total. The molecule has 2 aliphatic heterocycles. The van der Waals surface area contributed by atoms with Crippen molar-refractivity contribution >= 4 is 27.7 Å². The van der Waals surface area contributed by atoms with Gasteiger partial charge in [0.2, 0.25) is 0 Å². The fourth-order valence-electron chi connectivity index (χ4n) is 3.30. The Morgan fingerprint density at radius 3 is 3.05 bits per heavy atom. The normalized spacial score (nSPS) is 31.6. The van der Waals surface area contributed by atoms with Gasteiger partial charge in [0, 0.05) is 28.9 Å². The summed E-state index contributed by atoms with van der Waals surface area (Å²) < 4.78 is 7.29. The number of thioether (sulfide) groups is 1. The average molecular weight is 356 g/mol. The Bertz CT molecular complexity index is 462. The van der Waals surface area contributed by atoms with Gasteiger partial charge in [0.25, 0.3) is 0 Å². The highest BCUT2D eigenvalue weighted by Gasteiger charge is 2.40. The molecule has 1 spiro atoms. The van der Waals surface area contributed by atoms with Crippen LogP contribution in [0.15, 0.2) is 28.7 Å². The number of halogens is 1. The molecule has 0 radical (unpaired) electrons. The molecule has 2 unspecified atom stereocenters. The highest BCUT2D eigenvalue weighted by atomic mass is 79.9. The van der Waals surface area contributed by atoms with Gasteiger partial charge < -0.3 is 10.1 Å². The van der Waals surface area contributed by atoms with Crippen LogP contribution in [0.25, 0.3) is 0 Å². The smallest absolute Gasteiger partial charge is 0.0795 e. The van der Waals surface area contributed by atoms with Crippen molar-refractivity contribution < 1.29 is 4.74 Å². The Kier molecular flexibility index (Phi) is 4.75. The predicted molar refractivity (Wildman–Crippen MR) is 89.3 cm³/mol. The Labute approximate surface area is 134 Å². The molecule has 4 heteroatoms. The quantitative estimate of drug-likeness (QED) is 0.879. The van der Waals surface area contributed by atoms with Gasteiger partial charge in [0.1, 0.15) is 0 Å². The van der Waals surface area contributed by atoms with Crippen molar-refractivity contribution in [1.82, 2.24) is 5.32 Å². The zero-order valence-corrected chi connectivity index (χ0v) is 14.3. The third kappa shape index (κ3) is 3.24. The van der Waals surface area contributed by atoms with Crippen LogP contribution in [-0.2, 0) is 4.74 Å². The van der Waals surface area contributed by atoms with E-state index in [-0.39, 0.29) is 5.60 Å². The third-order valence-corrected chi connectivity index (χ3v) is 6.36. The van der Waals surface area contributed by atoms with Crippen LogP contribution >= 0.6 is 27.7 Å². The summed E-state index contributed by atoms with van der Waals surface area (Å²) in [5.74, 6) is 2.43. The van der Waals surface area contributed by atoms with E-state index in [1.165, 1.54) is 28.0 Å². The number of hydrogen-bond donors (Lipinski definition) is 1. The van der Waals surface area contributed by atoms with E-state index in [2.05, 4.69) is 52.4 Å². The molecule has 2 heterocycles. The number of benzene rings is 1. The molecule has 1 aromatic carbocycles. The van der Waals surface area contributed by atoms with Crippen molar-refractivity contribution in [1.29, 1.82) is 0 Å². The van der Waals surface area contributed by atoms with Crippen LogP contribution in [0.1, 0.15) is 37.8 Å². The molecule has 0 aliphatic carbocycles. The second-order valence-electron chi connectivity index (χ2n) is 5.93. The van der Waals surface area contributed by atoms with Crippen molar-refractivity contribution in [3.05, 3.63) is 34.3 Å². The minimum atomic E-state index is 0.161. The lowest BCUT2D eigenvalue weighted by molar-refractivity contribution is -0.0712. The van der Waals surface area contributed by atoms with E-state index in [1.54, 1.807) is 0 Å². The SMILES string of the molecule is C[C@H](NC1CCOC2(CCSC2)C1)c1ccccc1Br. The number of rotatable bonds is 3. The predicted octanol–water partition coefficient (Wildman–Crippen LogP) is 4.15. The largest absolute Gasteiger partial charge is 0.374 e. The summed E-state index contributed by atoms with van der Waals surface area (Å²) in [5, 5.41) is 3.81. The van der Waals surface area contributed by atoms with Gasteiger partial charge in [-0.05, 0) is 43.6 Å². The summed E-state index contributed by atoms with van der Waals surface area (Å²) in [6, 6.07) is 9.44. The summed E-state index contributed by atoms with van der Waals surface area (Å²) in [4.78, 5) is 0. The minimum Gasteiger partial charge on any atom is -0.374 e. The lowest BCUT2D eigenvalue weighted by atomic mass is 9.89. The Morgan fingerprint density at radius 2 is 2.30 bits per heavy atom. The lowest BCUT2D eigenvalue weighted by Crippen LogP contribution is -2.47. The zero-order valence-electron chi connectivity index (χ0n) is 11.9. The van der Waals surface area contributed by atoms with Crippen molar-refractivity contribution in [2.75, 3.05) is 18.1 Å². The van der Waals surface area contributed by atoms with E-state index in [1.807, 2.05) is 11.8 Å². The van der Waals surface area contributed by atoms with E-state index in [0.717, 1.165) is 19.4 Å². The maximum atomic E-state index is 6.10. The summed E-state index contributed by atoms with van der Waals surface area (Å²) in [6.07, 6.45) is 3.51. The first kappa shape index (κ1) is 14.9. The molecule has 0 saturated carbocycles. The standard InChI is InChI=1S/C16H22BrNOS/c1-12(14-4-2-3-5-15(14)17)18-13-6-8-19-16(10-13)7-9-20-11-16/h2-5,12-13,18H,6-11H2,1H3/t12-,13?,16?/m0/s1. The monoisotopic (exact) mass is 355 g/mol. The third-order valence-electron chi connectivity index (χ3n) is 4.42. The van der Waals surface area contributed by atoms with E-state index < -0.39 is 0 Å². The van der Waals surface area contributed by atoms with Crippen molar-refractivity contribution in [3.8, 4) is 0 Å². The van der Waals surface area contributed by atoms with Gasteiger partial charge in [-0.1, -0.05) is 34.1 Å². The first-order valence-corrected chi connectivity index (χ1v) is 9.35. The Hall–Kier alpha value is -0.0300. The van der Waals surface area contributed by atoms with Crippen molar-refractivity contribution in [2.45, 2.75) is 43.9 Å². The van der Waals surface area contributed by atoms with E-state index in [4.69, 9.17) is 4.74 Å². The van der Waals surface area contributed by atoms with Crippen LogP contribution in [0.3, 0.4) is 0 Å². The van der Waals surface area contributed by atoms with E-state index >= 15 is 0 Å². The molecular weight excluding hydrogens is 334 g/mol. The van der Waals surface area contributed by atoms with Gasteiger partial charge in [0.15, 0.2) is 0 Å². The average Bonchev–Trinajstić information content (AvgIpc) is 2.87. The van der Waals surface area contributed by atoms with Gasteiger partial charge in [-0.2, -0.15) is 11.8 Å². The zero-order chi connectivity index (χ0) is 14.0. The summed E-state index contributed by atoms with van der Waals surface area (Å²) >= 11 is 5.69. The summed E-state index contributed by atoms with van der Waals surface area (Å²) in [7, 11) is 0. The van der Waals surface area contributed by atoms with Gasteiger partial charge in [-0.15, -0.1) is 0 Å². The lowest BCUT2D eigenvalue weighted by Gasteiger charge is -2.39. The highest BCUT2D eigenvalue weighted by Crippen LogP contribution is 2.38. The van der Waals surface area contributed by atoms with E-state index in [9.17, 15) is 0 Å². The molecule has 1 N–H and O–H groups in total. The molecule has 1 aromatic rings. The maximum Gasteiger partial charge on any atom is 0.0795 e. The molecule has 110 valence electrons.